The highest BCUT2D eigenvalue weighted by molar-refractivity contribution is 5.58. The summed E-state index contributed by atoms with van der Waals surface area (Å²) in [7, 11) is 1.60. The van der Waals surface area contributed by atoms with E-state index in [1.165, 1.54) is 6.20 Å². The van der Waals surface area contributed by atoms with Gasteiger partial charge in [0.15, 0.2) is 11.5 Å². The van der Waals surface area contributed by atoms with Gasteiger partial charge in [-0.3, -0.25) is 10.1 Å². The molecule has 2 heterocycles. The molecule has 2 aliphatic rings. The fraction of sp³-hybridized carbons (Fsp3) is 0.500. The van der Waals surface area contributed by atoms with Gasteiger partial charge in [-0.1, -0.05) is 6.07 Å². The molecule has 0 bridgehead atoms. The predicted molar refractivity (Wildman–Crippen MR) is 110 cm³/mol. The van der Waals surface area contributed by atoms with Crippen LogP contribution in [0.25, 0.3) is 0 Å². The van der Waals surface area contributed by atoms with E-state index in [0.717, 1.165) is 37.9 Å². The molecule has 160 valence electrons. The van der Waals surface area contributed by atoms with Gasteiger partial charge in [0.05, 0.1) is 18.1 Å². The Labute approximate surface area is 174 Å². The zero-order valence-electron chi connectivity index (χ0n) is 16.8. The molecule has 0 unspecified atom stereocenters. The molecule has 0 amide bonds. The van der Waals surface area contributed by atoms with Gasteiger partial charge in [-0.15, -0.1) is 0 Å². The number of rotatable bonds is 10. The van der Waals surface area contributed by atoms with E-state index in [4.69, 9.17) is 14.2 Å². The van der Waals surface area contributed by atoms with Gasteiger partial charge < -0.3 is 24.8 Å². The lowest BCUT2D eigenvalue weighted by Gasteiger charge is -2.15. The molecule has 2 aromatic rings. The van der Waals surface area contributed by atoms with Crippen molar-refractivity contribution in [3.05, 3.63) is 40.1 Å². The number of hydrogen-bond acceptors (Lipinski definition) is 9. The molecule has 2 fully saturated rings. The van der Waals surface area contributed by atoms with Crippen molar-refractivity contribution in [1.29, 1.82) is 0 Å². The number of ether oxygens (including phenoxy) is 3. The first kappa shape index (κ1) is 20.1. The number of nitrogens with zero attached hydrogens (tertiary/aromatic N) is 3. The van der Waals surface area contributed by atoms with Crippen LogP contribution in [0, 0.1) is 10.1 Å². The SMILES string of the molecule is COc1cc(CNc2ncc([N+](=O)[O-])c(NC3CC3)n2)ccc1OC[C@@H]1CCCO1. The standard InChI is InChI=1S/C20H25N5O5/c1-28-18-9-13(4-7-17(18)30-12-15-3-2-8-29-15)10-21-20-22-11-16(25(26)27)19(24-20)23-14-5-6-14/h4,7,9,11,14-15H,2-3,5-6,8,10,12H2,1H3,(H2,21,22,23,24)/t15-/m0/s1. The Morgan fingerprint density at radius 3 is 2.87 bits per heavy atom. The molecule has 30 heavy (non-hydrogen) atoms. The second-order valence-electron chi connectivity index (χ2n) is 7.39. The number of methoxy groups -OCH3 is 1. The molecule has 10 nitrogen and oxygen atoms in total. The first-order chi connectivity index (χ1) is 14.6. The van der Waals surface area contributed by atoms with Crippen LogP contribution >= 0.6 is 0 Å². The topological polar surface area (TPSA) is 121 Å². The molecule has 1 atom stereocenters. The molecule has 4 rings (SSSR count). The average molecular weight is 415 g/mol. The van der Waals surface area contributed by atoms with Crippen molar-refractivity contribution < 1.29 is 19.1 Å². The molecule has 1 aliphatic carbocycles. The Bertz CT molecular complexity index is 899. The van der Waals surface area contributed by atoms with Gasteiger partial charge in [0, 0.05) is 19.2 Å². The fourth-order valence-corrected chi connectivity index (χ4v) is 3.20. The highest BCUT2D eigenvalue weighted by Crippen LogP contribution is 2.31. The van der Waals surface area contributed by atoms with E-state index in [1.807, 2.05) is 18.2 Å². The summed E-state index contributed by atoms with van der Waals surface area (Å²) in [4.78, 5) is 19.0. The second kappa shape index (κ2) is 9.12. The number of hydrogen-bond donors (Lipinski definition) is 2. The monoisotopic (exact) mass is 415 g/mol. The normalized spacial score (nSPS) is 18.1. The smallest absolute Gasteiger partial charge is 0.329 e. The van der Waals surface area contributed by atoms with Crippen LogP contribution in [0.4, 0.5) is 17.5 Å². The van der Waals surface area contributed by atoms with Crippen molar-refractivity contribution in [2.75, 3.05) is 31.0 Å². The maximum Gasteiger partial charge on any atom is 0.329 e. The third kappa shape index (κ3) is 5.07. The lowest BCUT2D eigenvalue weighted by atomic mass is 10.2. The van der Waals surface area contributed by atoms with Crippen LogP contribution in [0.2, 0.25) is 0 Å². The van der Waals surface area contributed by atoms with Crippen molar-refractivity contribution in [3.63, 3.8) is 0 Å². The van der Waals surface area contributed by atoms with Gasteiger partial charge in [0.25, 0.3) is 0 Å². The van der Waals surface area contributed by atoms with Crippen molar-refractivity contribution in [1.82, 2.24) is 9.97 Å². The van der Waals surface area contributed by atoms with E-state index in [9.17, 15) is 10.1 Å². The molecule has 1 saturated carbocycles. The number of nitro groups is 1. The third-order valence-electron chi connectivity index (χ3n) is 5.01. The van der Waals surface area contributed by atoms with Gasteiger partial charge in [0.2, 0.25) is 11.8 Å². The van der Waals surface area contributed by atoms with Gasteiger partial charge in [-0.25, -0.2) is 4.98 Å². The molecular weight excluding hydrogens is 390 g/mol. The molecule has 0 radical (unpaired) electrons. The maximum atomic E-state index is 11.2. The van der Waals surface area contributed by atoms with Crippen LogP contribution in [0.3, 0.4) is 0 Å². The van der Waals surface area contributed by atoms with Gasteiger partial charge in [0.1, 0.15) is 12.8 Å². The van der Waals surface area contributed by atoms with Crippen molar-refractivity contribution in [2.24, 2.45) is 0 Å². The van der Waals surface area contributed by atoms with E-state index < -0.39 is 4.92 Å². The Morgan fingerprint density at radius 2 is 2.17 bits per heavy atom. The summed E-state index contributed by atoms with van der Waals surface area (Å²) in [6.45, 7) is 1.72. The van der Waals surface area contributed by atoms with E-state index in [-0.39, 0.29) is 23.7 Å². The zero-order valence-corrected chi connectivity index (χ0v) is 16.8. The zero-order chi connectivity index (χ0) is 20.9. The summed E-state index contributed by atoms with van der Waals surface area (Å²) in [6.07, 6.45) is 5.42. The molecule has 2 N–H and O–H groups in total. The number of nitrogens with one attached hydrogen (secondary N) is 2. The summed E-state index contributed by atoms with van der Waals surface area (Å²) >= 11 is 0. The minimum Gasteiger partial charge on any atom is -0.493 e. The fourth-order valence-electron chi connectivity index (χ4n) is 3.20. The van der Waals surface area contributed by atoms with E-state index in [1.54, 1.807) is 7.11 Å². The Hall–Kier alpha value is -3.14. The Morgan fingerprint density at radius 1 is 1.30 bits per heavy atom. The third-order valence-corrected chi connectivity index (χ3v) is 5.01. The summed E-state index contributed by atoms with van der Waals surface area (Å²) < 4.78 is 16.9. The Balaban J connectivity index is 1.39. The van der Waals surface area contributed by atoms with E-state index in [0.29, 0.717) is 30.6 Å². The average Bonchev–Trinajstić information content (AvgIpc) is 3.41. The Kier molecular flexibility index (Phi) is 6.12. The molecule has 1 aromatic carbocycles. The van der Waals surface area contributed by atoms with Crippen LogP contribution in [-0.2, 0) is 11.3 Å². The first-order valence-corrected chi connectivity index (χ1v) is 10.1. The lowest BCUT2D eigenvalue weighted by Crippen LogP contribution is -2.16. The molecule has 10 heteroatoms. The maximum absolute atomic E-state index is 11.2. The largest absolute Gasteiger partial charge is 0.493 e. The minimum atomic E-state index is -0.477. The lowest BCUT2D eigenvalue weighted by molar-refractivity contribution is -0.384. The minimum absolute atomic E-state index is 0.123. The van der Waals surface area contributed by atoms with Crippen LogP contribution in [-0.4, -0.2) is 47.4 Å². The number of anilines is 2. The summed E-state index contributed by atoms with van der Waals surface area (Å²) in [5.74, 6) is 1.86. The number of benzene rings is 1. The van der Waals surface area contributed by atoms with Crippen molar-refractivity contribution in [2.45, 2.75) is 44.4 Å². The van der Waals surface area contributed by atoms with Crippen LogP contribution in [0.5, 0.6) is 11.5 Å². The first-order valence-electron chi connectivity index (χ1n) is 10.1. The van der Waals surface area contributed by atoms with E-state index in [2.05, 4.69) is 20.6 Å². The van der Waals surface area contributed by atoms with Crippen LogP contribution < -0.4 is 20.1 Å². The van der Waals surface area contributed by atoms with Gasteiger partial charge in [-0.05, 0) is 43.4 Å². The quantitative estimate of drug-likeness (QED) is 0.445. The van der Waals surface area contributed by atoms with Crippen LogP contribution in [0.15, 0.2) is 24.4 Å². The summed E-state index contributed by atoms with van der Waals surface area (Å²) in [6, 6.07) is 5.92. The van der Waals surface area contributed by atoms with Gasteiger partial charge >= 0.3 is 5.69 Å². The molecule has 1 aliphatic heterocycles. The molecule has 1 saturated heterocycles. The summed E-state index contributed by atoms with van der Waals surface area (Å²) in [5.41, 5.74) is 0.817. The highest BCUT2D eigenvalue weighted by atomic mass is 16.6. The van der Waals surface area contributed by atoms with Crippen molar-refractivity contribution in [3.8, 4) is 11.5 Å². The van der Waals surface area contributed by atoms with Crippen molar-refractivity contribution >= 4 is 17.5 Å². The van der Waals surface area contributed by atoms with E-state index >= 15 is 0 Å². The molecular formula is C20H25N5O5. The predicted octanol–water partition coefficient (Wildman–Crippen LogP) is 3.14. The molecule has 0 spiro atoms. The number of aromatic nitrogens is 2. The highest BCUT2D eigenvalue weighted by Gasteiger charge is 2.26. The summed E-state index contributed by atoms with van der Waals surface area (Å²) in [5, 5.41) is 17.4. The van der Waals surface area contributed by atoms with Crippen LogP contribution in [0.1, 0.15) is 31.2 Å². The second-order valence-corrected chi connectivity index (χ2v) is 7.39. The van der Waals surface area contributed by atoms with Gasteiger partial charge in [-0.2, -0.15) is 4.98 Å². The molecule has 1 aromatic heterocycles.